The third-order valence-corrected chi connectivity index (χ3v) is 15.9. The van der Waals surface area contributed by atoms with Crippen LogP contribution in [0, 0.1) is 0 Å². The Balaban J connectivity index is 2.06. The second-order valence-corrected chi connectivity index (χ2v) is 16.7. The second-order valence-electron chi connectivity index (χ2n) is 8.68. The molecule has 144 valence electrons. The SMILES string of the molecule is CC(C)(C)c1cc[c]([Ge]([c]2ccccc2)([c]2ccccc2)[c]2ccccc2)cc1. The zero-order valence-electron chi connectivity index (χ0n) is 17.5. The van der Waals surface area contributed by atoms with Crippen LogP contribution in [0.4, 0.5) is 0 Å². The summed E-state index contributed by atoms with van der Waals surface area (Å²) in [6.07, 6.45) is 0. The third kappa shape index (κ3) is 3.70. The van der Waals surface area contributed by atoms with E-state index >= 15 is 0 Å². The third-order valence-electron chi connectivity index (χ3n) is 5.80. The fourth-order valence-electron chi connectivity index (χ4n) is 4.28. The van der Waals surface area contributed by atoms with Crippen molar-refractivity contribution in [2.24, 2.45) is 0 Å². The van der Waals surface area contributed by atoms with Crippen LogP contribution in [0.5, 0.6) is 0 Å². The molecule has 1 heteroatoms. The van der Waals surface area contributed by atoms with Gasteiger partial charge in [-0.25, -0.2) is 0 Å². The van der Waals surface area contributed by atoms with Gasteiger partial charge in [-0.3, -0.25) is 0 Å². The number of hydrogen-bond acceptors (Lipinski definition) is 0. The van der Waals surface area contributed by atoms with Crippen molar-refractivity contribution in [3.8, 4) is 0 Å². The van der Waals surface area contributed by atoms with Crippen molar-refractivity contribution >= 4 is 30.8 Å². The zero-order valence-corrected chi connectivity index (χ0v) is 19.6. The normalized spacial score (nSPS) is 12.0. The average molecular weight is 437 g/mol. The molecule has 0 saturated heterocycles. The fourth-order valence-corrected chi connectivity index (χ4v) is 14.2. The van der Waals surface area contributed by atoms with E-state index in [1.807, 2.05) is 0 Å². The molecule has 0 heterocycles. The topological polar surface area (TPSA) is 0 Å². The first-order valence-electron chi connectivity index (χ1n) is 10.3. The van der Waals surface area contributed by atoms with Gasteiger partial charge in [0.25, 0.3) is 0 Å². The van der Waals surface area contributed by atoms with E-state index in [4.69, 9.17) is 0 Å². The van der Waals surface area contributed by atoms with Gasteiger partial charge in [-0.1, -0.05) is 0 Å². The number of hydrogen-bond donors (Lipinski definition) is 0. The van der Waals surface area contributed by atoms with Crippen LogP contribution in [0.1, 0.15) is 26.3 Å². The molecule has 0 aromatic heterocycles. The molecule has 0 N–H and O–H groups in total. The quantitative estimate of drug-likeness (QED) is 0.417. The van der Waals surface area contributed by atoms with E-state index in [0.717, 1.165) is 0 Å². The molecule has 0 aliphatic carbocycles. The van der Waals surface area contributed by atoms with Crippen LogP contribution in [0.3, 0.4) is 0 Å². The van der Waals surface area contributed by atoms with E-state index in [9.17, 15) is 0 Å². The molecule has 0 saturated carbocycles. The van der Waals surface area contributed by atoms with Crippen molar-refractivity contribution in [2.75, 3.05) is 0 Å². The van der Waals surface area contributed by atoms with E-state index in [1.165, 1.54) is 23.1 Å². The van der Waals surface area contributed by atoms with Crippen molar-refractivity contribution < 1.29 is 0 Å². The maximum atomic E-state index is 2.40. The predicted octanol–water partition coefficient (Wildman–Crippen LogP) is 4.36. The van der Waals surface area contributed by atoms with Gasteiger partial charge in [-0.2, -0.15) is 0 Å². The second kappa shape index (κ2) is 8.04. The standard InChI is InChI=1S/C28H28Ge/c1-28(2,3)23-19-21-27(22-20-23)29(24-13-7-4-8-14-24,25-15-9-5-10-16-25)26-17-11-6-12-18-26/h4-22H,1-3H3. The van der Waals surface area contributed by atoms with Crippen molar-refractivity contribution in [1.29, 1.82) is 0 Å². The summed E-state index contributed by atoms with van der Waals surface area (Å²) in [7, 11) is 0. The number of rotatable bonds is 4. The van der Waals surface area contributed by atoms with Crippen molar-refractivity contribution in [2.45, 2.75) is 26.2 Å². The summed E-state index contributed by atoms with van der Waals surface area (Å²) < 4.78 is 5.87. The molecule has 0 unspecified atom stereocenters. The average Bonchev–Trinajstić information content (AvgIpc) is 2.76. The molecule has 0 nitrogen and oxygen atoms in total. The molecule has 0 amide bonds. The van der Waals surface area contributed by atoms with Gasteiger partial charge in [0.05, 0.1) is 0 Å². The van der Waals surface area contributed by atoms with E-state index in [2.05, 4.69) is 136 Å². The maximum absolute atomic E-state index is 3.09. The number of benzene rings is 4. The molecule has 0 fully saturated rings. The van der Waals surface area contributed by atoms with Crippen LogP contribution in [-0.2, 0) is 5.41 Å². The molecule has 4 aromatic carbocycles. The van der Waals surface area contributed by atoms with Gasteiger partial charge in [-0.05, 0) is 0 Å². The van der Waals surface area contributed by atoms with Gasteiger partial charge in [0, 0.05) is 0 Å². The predicted molar refractivity (Wildman–Crippen MR) is 129 cm³/mol. The first-order chi connectivity index (χ1) is 14.0. The molecule has 0 spiro atoms. The van der Waals surface area contributed by atoms with Crippen LogP contribution < -0.4 is 17.6 Å². The Morgan fingerprint density at radius 1 is 0.414 bits per heavy atom. The van der Waals surface area contributed by atoms with Crippen molar-refractivity contribution in [3.63, 3.8) is 0 Å². The minimum atomic E-state index is -3.09. The summed E-state index contributed by atoms with van der Waals surface area (Å²) in [5.41, 5.74) is 1.53. The monoisotopic (exact) mass is 438 g/mol. The van der Waals surface area contributed by atoms with Gasteiger partial charge in [0.15, 0.2) is 0 Å². The molecular formula is C28H28Ge. The van der Waals surface area contributed by atoms with E-state index in [0.29, 0.717) is 0 Å². The molecule has 0 aliphatic heterocycles. The Hall–Kier alpha value is -2.58. The Morgan fingerprint density at radius 3 is 1.03 bits per heavy atom. The first-order valence-corrected chi connectivity index (χ1v) is 14.5. The first kappa shape index (κ1) is 19.7. The van der Waals surface area contributed by atoms with Gasteiger partial charge in [0.1, 0.15) is 0 Å². The molecule has 0 radical (unpaired) electrons. The minimum absolute atomic E-state index is 0.153. The van der Waals surface area contributed by atoms with Crippen molar-refractivity contribution in [3.05, 3.63) is 121 Å². The Bertz CT molecular complexity index is 947. The summed E-state index contributed by atoms with van der Waals surface area (Å²) in [4.78, 5) is 0. The summed E-state index contributed by atoms with van der Waals surface area (Å²) in [6, 6.07) is 42.9. The molecule has 4 rings (SSSR count). The molecule has 0 atom stereocenters. The molecular weight excluding hydrogens is 409 g/mol. The van der Waals surface area contributed by atoms with Gasteiger partial charge < -0.3 is 0 Å². The Labute approximate surface area is 177 Å². The zero-order chi connectivity index (χ0) is 20.3. The molecule has 0 bridgehead atoms. The molecule has 0 aliphatic rings. The summed E-state index contributed by atoms with van der Waals surface area (Å²) in [5.74, 6) is 0. The van der Waals surface area contributed by atoms with Crippen LogP contribution in [-0.4, -0.2) is 13.3 Å². The van der Waals surface area contributed by atoms with Crippen LogP contribution >= 0.6 is 0 Å². The van der Waals surface area contributed by atoms with E-state index < -0.39 is 13.3 Å². The van der Waals surface area contributed by atoms with Crippen molar-refractivity contribution in [1.82, 2.24) is 0 Å². The van der Waals surface area contributed by atoms with Gasteiger partial charge in [0.2, 0.25) is 0 Å². The van der Waals surface area contributed by atoms with Crippen LogP contribution in [0.2, 0.25) is 0 Å². The van der Waals surface area contributed by atoms with E-state index in [-0.39, 0.29) is 5.41 Å². The summed E-state index contributed by atoms with van der Waals surface area (Å²) in [5, 5.41) is 0. The van der Waals surface area contributed by atoms with Gasteiger partial charge in [-0.15, -0.1) is 0 Å². The fraction of sp³-hybridized carbons (Fsp3) is 0.143. The molecule has 4 aromatic rings. The van der Waals surface area contributed by atoms with Gasteiger partial charge >= 0.3 is 178 Å². The summed E-state index contributed by atoms with van der Waals surface area (Å²) in [6.45, 7) is 6.84. The van der Waals surface area contributed by atoms with E-state index in [1.54, 1.807) is 0 Å². The molecule has 29 heavy (non-hydrogen) atoms. The Morgan fingerprint density at radius 2 is 0.724 bits per heavy atom. The van der Waals surface area contributed by atoms with Crippen LogP contribution in [0.15, 0.2) is 115 Å². The Kier molecular flexibility index (Phi) is 5.47. The summed E-state index contributed by atoms with van der Waals surface area (Å²) >= 11 is -3.09. The van der Waals surface area contributed by atoms with Crippen LogP contribution in [0.25, 0.3) is 0 Å².